The van der Waals surface area contributed by atoms with Crippen LogP contribution in [0.25, 0.3) is 5.69 Å². The summed E-state index contributed by atoms with van der Waals surface area (Å²) in [5, 5.41) is 10.9. The standard InChI is InChI=1S/C21H31N5O3S/c1-13(2)15(5)22-21(27)20-16(6)26(24-23-20)19-9-7-8-17-12-25(11-10-18(17)19)30(28,29)14(3)4/h7-9,13-15H,10-12H2,1-6H3,(H,22,27)/t15-/m0/s1. The van der Waals surface area contributed by atoms with Gasteiger partial charge in [-0.3, -0.25) is 4.79 Å². The van der Waals surface area contributed by atoms with Crippen LogP contribution in [0.5, 0.6) is 0 Å². The van der Waals surface area contributed by atoms with Crippen molar-refractivity contribution in [3.63, 3.8) is 0 Å². The van der Waals surface area contributed by atoms with E-state index in [0.29, 0.717) is 36.8 Å². The lowest BCUT2D eigenvalue weighted by atomic mass is 9.99. The van der Waals surface area contributed by atoms with Crippen LogP contribution in [0.15, 0.2) is 18.2 Å². The van der Waals surface area contributed by atoms with Gasteiger partial charge < -0.3 is 5.32 Å². The monoisotopic (exact) mass is 433 g/mol. The maximum atomic E-state index is 12.6. The molecule has 1 aromatic carbocycles. The molecule has 3 rings (SSSR count). The number of amides is 1. The molecular formula is C21H31N5O3S. The lowest BCUT2D eigenvalue weighted by molar-refractivity contribution is 0.0924. The molecule has 30 heavy (non-hydrogen) atoms. The molecule has 0 unspecified atom stereocenters. The molecule has 2 aromatic rings. The van der Waals surface area contributed by atoms with Gasteiger partial charge in [-0.2, -0.15) is 4.31 Å². The summed E-state index contributed by atoms with van der Waals surface area (Å²) in [6.45, 7) is 12.1. The Hall–Kier alpha value is -2.26. The summed E-state index contributed by atoms with van der Waals surface area (Å²) >= 11 is 0. The Labute approximate surface area is 178 Å². The summed E-state index contributed by atoms with van der Waals surface area (Å²) in [6, 6.07) is 5.80. The van der Waals surface area contributed by atoms with Crippen molar-refractivity contribution in [2.24, 2.45) is 5.92 Å². The molecule has 0 saturated carbocycles. The van der Waals surface area contributed by atoms with E-state index in [2.05, 4.69) is 15.6 Å². The number of carbonyl (C=O) groups excluding carboxylic acids is 1. The second kappa shape index (κ2) is 8.47. The first-order chi connectivity index (χ1) is 14.0. The Kier molecular flexibility index (Phi) is 6.33. The highest BCUT2D eigenvalue weighted by Crippen LogP contribution is 2.28. The summed E-state index contributed by atoms with van der Waals surface area (Å²) in [4.78, 5) is 12.6. The average Bonchev–Trinajstić information content (AvgIpc) is 3.08. The Morgan fingerprint density at radius 2 is 1.87 bits per heavy atom. The predicted molar refractivity (Wildman–Crippen MR) is 116 cm³/mol. The first-order valence-corrected chi connectivity index (χ1v) is 11.9. The van der Waals surface area contributed by atoms with Crippen molar-refractivity contribution >= 4 is 15.9 Å². The highest BCUT2D eigenvalue weighted by Gasteiger charge is 2.31. The Bertz CT molecular complexity index is 1040. The third-order valence-electron chi connectivity index (χ3n) is 5.86. The average molecular weight is 434 g/mol. The minimum Gasteiger partial charge on any atom is -0.348 e. The second-order valence-corrected chi connectivity index (χ2v) is 11.0. The number of hydrogen-bond donors (Lipinski definition) is 1. The fraction of sp³-hybridized carbons (Fsp3) is 0.571. The van der Waals surface area contributed by atoms with Gasteiger partial charge in [0, 0.05) is 19.1 Å². The molecule has 1 aromatic heterocycles. The summed E-state index contributed by atoms with van der Waals surface area (Å²) in [7, 11) is -3.31. The third-order valence-corrected chi connectivity index (χ3v) is 8.08. The summed E-state index contributed by atoms with van der Waals surface area (Å²) in [5.74, 6) is 0.0782. The van der Waals surface area contributed by atoms with Crippen LogP contribution < -0.4 is 5.32 Å². The molecule has 0 aliphatic carbocycles. The fourth-order valence-corrected chi connectivity index (χ4v) is 4.75. The number of rotatable bonds is 6. The summed E-state index contributed by atoms with van der Waals surface area (Å²) < 4.78 is 28.4. The van der Waals surface area contributed by atoms with Crippen LogP contribution in [0.3, 0.4) is 0 Å². The molecular weight excluding hydrogens is 402 g/mol. The molecule has 1 atom stereocenters. The molecule has 0 bridgehead atoms. The highest BCUT2D eigenvalue weighted by molar-refractivity contribution is 7.89. The fourth-order valence-electron chi connectivity index (χ4n) is 3.49. The number of sulfonamides is 1. The van der Waals surface area contributed by atoms with Gasteiger partial charge in [-0.05, 0) is 57.2 Å². The first kappa shape index (κ1) is 22.4. The van der Waals surface area contributed by atoms with Crippen LogP contribution in [0, 0.1) is 12.8 Å². The van der Waals surface area contributed by atoms with Crippen LogP contribution in [0.2, 0.25) is 0 Å². The maximum Gasteiger partial charge on any atom is 0.273 e. The van der Waals surface area contributed by atoms with Gasteiger partial charge in [0.1, 0.15) is 0 Å². The van der Waals surface area contributed by atoms with Gasteiger partial charge in [0.05, 0.1) is 16.6 Å². The zero-order chi connectivity index (χ0) is 22.2. The largest absolute Gasteiger partial charge is 0.348 e. The van der Waals surface area contributed by atoms with E-state index >= 15 is 0 Å². The molecule has 0 spiro atoms. The van der Waals surface area contributed by atoms with E-state index in [9.17, 15) is 13.2 Å². The smallest absolute Gasteiger partial charge is 0.273 e. The van der Waals surface area contributed by atoms with E-state index in [1.165, 1.54) is 0 Å². The lowest BCUT2D eigenvalue weighted by Gasteiger charge is -2.30. The van der Waals surface area contributed by atoms with Crippen molar-refractivity contribution in [3.05, 3.63) is 40.7 Å². The van der Waals surface area contributed by atoms with E-state index in [1.54, 1.807) is 22.8 Å². The van der Waals surface area contributed by atoms with Gasteiger partial charge in [-0.1, -0.05) is 31.2 Å². The zero-order valence-electron chi connectivity index (χ0n) is 18.5. The Balaban J connectivity index is 1.91. The van der Waals surface area contributed by atoms with Gasteiger partial charge in [-0.15, -0.1) is 5.10 Å². The zero-order valence-corrected chi connectivity index (χ0v) is 19.3. The lowest BCUT2D eigenvalue weighted by Crippen LogP contribution is -2.40. The van der Waals surface area contributed by atoms with Crippen LogP contribution in [0.4, 0.5) is 0 Å². The van der Waals surface area contributed by atoms with Gasteiger partial charge in [0.25, 0.3) is 5.91 Å². The molecule has 0 radical (unpaired) electrons. The molecule has 2 heterocycles. The van der Waals surface area contributed by atoms with Crippen molar-refractivity contribution < 1.29 is 13.2 Å². The molecule has 1 amide bonds. The first-order valence-electron chi connectivity index (χ1n) is 10.4. The normalized spacial score (nSPS) is 16.0. The van der Waals surface area contributed by atoms with E-state index in [-0.39, 0.29) is 11.9 Å². The van der Waals surface area contributed by atoms with Crippen molar-refractivity contribution in [1.82, 2.24) is 24.6 Å². The molecule has 164 valence electrons. The number of aromatic nitrogens is 3. The van der Waals surface area contributed by atoms with Gasteiger partial charge >= 0.3 is 0 Å². The molecule has 1 aliphatic heterocycles. The van der Waals surface area contributed by atoms with Crippen molar-refractivity contribution in [2.45, 2.75) is 65.8 Å². The quantitative estimate of drug-likeness (QED) is 0.755. The molecule has 1 aliphatic rings. The van der Waals surface area contributed by atoms with Crippen LogP contribution in [-0.2, 0) is 23.0 Å². The summed E-state index contributed by atoms with van der Waals surface area (Å²) in [6.07, 6.45) is 0.586. The number of hydrogen-bond acceptors (Lipinski definition) is 5. The van der Waals surface area contributed by atoms with Gasteiger partial charge in [-0.25, -0.2) is 13.1 Å². The molecule has 0 fully saturated rings. The third kappa shape index (κ3) is 4.13. The van der Waals surface area contributed by atoms with Crippen LogP contribution in [0.1, 0.15) is 61.9 Å². The molecule has 9 heteroatoms. The van der Waals surface area contributed by atoms with Crippen molar-refractivity contribution in [1.29, 1.82) is 0 Å². The Morgan fingerprint density at radius 3 is 2.50 bits per heavy atom. The van der Waals surface area contributed by atoms with E-state index < -0.39 is 15.3 Å². The number of benzene rings is 1. The SMILES string of the molecule is Cc1c(C(=O)N[C@@H](C)C(C)C)nnn1-c1cccc2c1CCN(S(=O)(=O)C(C)C)C2. The number of carbonyl (C=O) groups is 1. The summed E-state index contributed by atoms with van der Waals surface area (Å²) in [5.41, 5.74) is 3.81. The van der Waals surface area contributed by atoms with Gasteiger partial charge in [0.15, 0.2) is 5.69 Å². The number of nitrogens with zero attached hydrogens (tertiary/aromatic N) is 4. The Morgan fingerprint density at radius 1 is 1.17 bits per heavy atom. The van der Waals surface area contributed by atoms with E-state index in [1.807, 2.05) is 45.9 Å². The molecule has 0 saturated heterocycles. The second-order valence-electron chi connectivity index (χ2n) is 8.53. The van der Waals surface area contributed by atoms with Crippen molar-refractivity contribution in [3.8, 4) is 5.69 Å². The van der Waals surface area contributed by atoms with Crippen molar-refractivity contribution in [2.75, 3.05) is 6.54 Å². The number of nitrogens with one attached hydrogen (secondary N) is 1. The maximum absolute atomic E-state index is 12.6. The van der Waals surface area contributed by atoms with E-state index in [4.69, 9.17) is 0 Å². The topological polar surface area (TPSA) is 97.2 Å². The van der Waals surface area contributed by atoms with Crippen LogP contribution in [-0.4, -0.2) is 51.5 Å². The van der Waals surface area contributed by atoms with Crippen LogP contribution >= 0.6 is 0 Å². The van der Waals surface area contributed by atoms with E-state index in [0.717, 1.165) is 16.8 Å². The molecule has 1 N–H and O–H groups in total. The minimum absolute atomic E-state index is 0.0282. The minimum atomic E-state index is -3.31. The highest BCUT2D eigenvalue weighted by atomic mass is 32.2. The predicted octanol–water partition coefficient (Wildman–Crippen LogP) is 2.45. The van der Waals surface area contributed by atoms with Gasteiger partial charge in [0.2, 0.25) is 10.0 Å². The molecule has 8 nitrogen and oxygen atoms in total. The number of fused-ring (bicyclic) bond motifs is 1.